The van der Waals surface area contributed by atoms with Crippen LogP contribution in [0.4, 0.5) is 5.95 Å². The van der Waals surface area contributed by atoms with Crippen molar-refractivity contribution in [3.05, 3.63) is 23.9 Å². The van der Waals surface area contributed by atoms with Gasteiger partial charge < -0.3 is 10.6 Å². The first kappa shape index (κ1) is 11.5. The van der Waals surface area contributed by atoms with Crippen LogP contribution in [0.25, 0.3) is 5.65 Å². The van der Waals surface area contributed by atoms with Crippen LogP contribution >= 0.6 is 0 Å². The predicted octanol–water partition coefficient (Wildman–Crippen LogP) is 1.21. The minimum atomic E-state index is 0.215. The molecule has 2 aromatic rings. The number of anilines is 1. The Hall–Kier alpha value is -1.62. The number of nitrogens with zero attached hydrogens (tertiary/aromatic N) is 4. The molecular weight excluding hydrogens is 226 g/mol. The minimum Gasteiger partial charge on any atom is -0.338 e. The fourth-order valence-corrected chi connectivity index (χ4v) is 2.39. The smallest absolute Gasteiger partial charge is 0.245 e. The zero-order valence-corrected chi connectivity index (χ0v) is 10.9. The van der Waals surface area contributed by atoms with Gasteiger partial charge in [-0.2, -0.15) is 4.98 Å². The first-order chi connectivity index (χ1) is 8.63. The van der Waals surface area contributed by atoms with Gasteiger partial charge in [0.1, 0.15) is 0 Å². The van der Waals surface area contributed by atoms with E-state index in [1.54, 1.807) is 0 Å². The number of piperidine rings is 1. The largest absolute Gasteiger partial charge is 0.338 e. The average Bonchev–Trinajstić information content (AvgIpc) is 2.75. The van der Waals surface area contributed by atoms with Gasteiger partial charge in [0.2, 0.25) is 5.95 Å². The van der Waals surface area contributed by atoms with Gasteiger partial charge in [-0.25, -0.2) is 4.52 Å². The Labute approximate surface area is 107 Å². The molecule has 0 aliphatic carbocycles. The number of pyridine rings is 1. The molecule has 0 spiro atoms. The Morgan fingerprint density at radius 1 is 1.44 bits per heavy atom. The molecule has 18 heavy (non-hydrogen) atoms. The molecule has 3 heterocycles. The van der Waals surface area contributed by atoms with Gasteiger partial charge >= 0.3 is 0 Å². The number of aryl methyl sites for hydroxylation is 1. The third-order valence-corrected chi connectivity index (χ3v) is 3.78. The molecule has 2 atom stereocenters. The number of hydrogen-bond acceptors (Lipinski definition) is 4. The molecule has 0 saturated carbocycles. The quantitative estimate of drug-likeness (QED) is 0.820. The summed E-state index contributed by atoms with van der Waals surface area (Å²) in [5, 5.41) is 4.51. The summed E-state index contributed by atoms with van der Waals surface area (Å²) in [6.07, 6.45) is 3.06. The second-order valence-electron chi connectivity index (χ2n) is 5.29. The minimum absolute atomic E-state index is 0.215. The number of nitrogens with two attached hydrogens (primary N) is 1. The molecule has 2 N–H and O–H groups in total. The molecule has 0 radical (unpaired) electrons. The van der Waals surface area contributed by atoms with Crippen molar-refractivity contribution in [1.29, 1.82) is 0 Å². The normalized spacial score (nSPS) is 24.7. The molecule has 2 aromatic heterocycles. The number of aromatic nitrogens is 3. The van der Waals surface area contributed by atoms with Crippen LogP contribution in [0, 0.1) is 12.8 Å². The molecule has 5 nitrogen and oxygen atoms in total. The molecule has 0 amide bonds. The summed E-state index contributed by atoms with van der Waals surface area (Å²) in [6.45, 7) is 6.11. The van der Waals surface area contributed by atoms with Gasteiger partial charge in [-0.1, -0.05) is 6.92 Å². The molecule has 1 aliphatic heterocycles. The molecule has 0 bridgehead atoms. The van der Waals surface area contributed by atoms with E-state index in [0.717, 1.165) is 31.1 Å². The second kappa shape index (κ2) is 4.24. The van der Waals surface area contributed by atoms with Gasteiger partial charge in [0.15, 0.2) is 5.65 Å². The molecule has 1 aliphatic rings. The Morgan fingerprint density at radius 2 is 2.28 bits per heavy atom. The van der Waals surface area contributed by atoms with Crippen LogP contribution in [0.5, 0.6) is 0 Å². The van der Waals surface area contributed by atoms with Crippen molar-refractivity contribution in [2.75, 3.05) is 18.0 Å². The van der Waals surface area contributed by atoms with Crippen LogP contribution in [0.1, 0.15) is 18.9 Å². The van der Waals surface area contributed by atoms with Crippen LogP contribution in [-0.4, -0.2) is 33.7 Å². The van der Waals surface area contributed by atoms with E-state index in [9.17, 15) is 0 Å². The van der Waals surface area contributed by atoms with E-state index in [4.69, 9.17) is 5.73 Å². The van der Waals surface area contributed by atoms with Crippen LogP contribution in [0.2, 0.25) is 0 Å². The van der Waals surface area contributed by atoms with E-state index in [0.29, 0.717) is 5.92 Å². The lowest BCUT2D eigenvalue weighted by atomic mass is 9.95. The summed E-state index contributed by atoms with van der Waals surface area (Å²) in [5.74, 6) is 1.38. The molecular formula is C13H19N5. The molecule has 96 valence electrons. The summed E-state index contributed by atoms with van der Waals surface area (Å²) in [5.41, 5.74) is 8.22. The van der Waals surface area contributed by atoms with Gasteiger partial charge in [-0.3, -0.25) is 0 Å². The molecule has 3 rings (SSSR count). The Balaban J connectivity index is 1.90. The Bertz CT molecular complexity index is 562. The standard InChI is InChI=1S/C13H19N5/c1-9-3-6-18-12(7-9)15-13(16-18)17-5-4-10(2)11(14)8-17/h3,6-7,10-11H,4-5,8,14H2,1-2H3. The van der Waals surface area contributed by atoms with Gasteiger partial charge in [0.05, 0.1) is 0 Å². The first-order valence-corrected chi connectivity index (χ1v) is 6.47. The Kier molecular flexibility index (Phi) is 2.70. The van der Waals surface area contributed by atoms with Crippen molar-refractivity contribution in [2.24, 2.45) is 11.7 Å². The summed E-state index contributed by atoms with van der Waals surface area (Å²) < 4.78 is 1.83. The number of rotatable bonds is 1. The third kappa shape index (κ3) is 1.95. The maximum atomic E-state index is 6.12. The summed E-state index contributed by atoms with van der Waals surface area (Å²) >= 11 is 0. The molecule has 1 fully saturated rings. The van der Waals surface area contributed by atoms with Crippen LogP contribution in [-0.2, 0) is 0 Å². The van der Waals surface area contributed by atoms with E-state index in [1.807, 2.05) is 22.8 Å². The van der Waals surface area contributed by atoms with Crippen molar-refractivity contribution in [3.63, 3.8) is 0 Å². The van der Waals surface area contributed by atoms with Crippen molar-refractivity contribution >= 4 is 11.6 Å². The van der Waals surface area contributed by atoms with Gasteiger partial charge in [0.25, 0.3) is 0 Å². The highest BCUT2D eigenvalue weighted by molar-refractivity contribution is 5.46. The summed E-state index contributed by atoms with van der Waals surface area (Å²) in [7, 11) is 0. The summed E-state index contributed by atoms with van der Waals surface area (Å²) in [6, 6.07) is 4.30. The van der Waals surface area contributed by atoms with Gasteiger partial charge in [0, 0.05) is 25.3 Å². The first-order valence-electron chi connectivity index (χ1n) is 6.47. The Morgan fingerprint density at radius 3 is 3.06 bits per heavy atom. The number of hydrogen-bond donors (Lipinski definition) is 1. The lowest BCUT2D eigenvalue weighted by Crippen LogP contribution is -2.48. The van der Waals surface area contributed by atoms with Crippen molar-refractivity contribution < 1.29 is 0 Å². The van der Waals surface area contributed by atoms with E-state index in [1.165, 1.54) is 5.56 Å². The molecule has 5 heteroatoms. The highest BCUT2D eigenvalue weighted by atomic mass is 15.4. The topological polar surface area (TPSA) is 59.5 Å². The van der Waals surface area contributed by atoms with Crippen LogP contribution in [0.15, 0.2) is 18.3 Å². The highest BCUT2D eigenvalue weighted by Gasteiger charge is 2.25. The lowest BCUT2D eigenvalue weighted by Gasteiger charge is -2.34. The fraction of sp³-hybridized carbons (Fsp3) is 0.538. The molecule has 0 aromatic carbocycles. The molecule has 2 unspecified atom stereocenters. The van der Waals surface area contributed by atoms with Crippen molar-refractivity contribution in [3.8, 4) is 0 Å². The van der Waals surface area contributed by atoms with E-state index in [2.05, 4.69) is 28.8 Å². The third-order valence-electron chi connectivity index (χ3n) is 3.78. The lowest BCUT2D eigenvalue weighted by molar-refractivity contribution is 0.376. The zero-order valence-electron chi connectivity index (χ0n) is 10.9. The van der Waals surface area contributed by atoms with E-state index >= 15 is 0 Å². The van der Waals surface area contributed by atoms with E-state index < -0.39 is 0 Å². The zero-order chi connectivity index (χ0) is 12.7. The number of fused-ring (bicyclic) bond motifs is 1. The van der Waals surface area contributed by atoms with Crippen LogP contribution in [0.3, 0.4) is 0 Å². The SMILES string of the molecule is Cc1ccn2nc(N3CCC(C)C(N)C3)nc2c1. The van der Waals surface area contributed by atoms with E-state index in [-0.39, 0.29) is 6.04 Å². The maximum absolute atomic E-state index is 6.12. The van der Waals surface area contributed by atoms with Crippen molar-refractivity contribution in [1.82, 2.24) is 14.6 Å². The second-order valence-corrected chi connectivity index (χ2v) is 5.29. The van der Waals surface area contributed by atoms with Gasteiger partial charge in [-0.05, 0) is 37.0 Å². The summed E-state index contributed by atoms with van der Waals surface area (Å²) in [4.78, 5) is 6.77. The monoisotopic (exact) mass is 245 g/mol. The van der Waals surface area contributed by atoms with Gasteiger partial charge in [-0.15, -0.1) is 5.10 Å². The van der Waals surface area contributed by atoms with Crippen LogP contribution < -0.4 is 10.6 Å². The maximum Gasteiger partial charge on any atom is 0.245 e. The predicted molar refractivity (Wildman–Crippen MR) is 71.7 cm³/mol. The fourth-order valence-electron chi connectivity index (χ4n) is 2.39. The molecule has 1 saturated heterocycles. The van der Waals surface area contributed by atoms with Crippen molar-refractivity contribution in [2.45, 2.75) is 26.3 Å². The average molecular weight is 245 g/mol. The highest BCUT2D eigenvalue weighted by Crippen LogP contribution is 2.20.